The molecule has 0 aliphatic heterocycles. The van der Waals surface area contributed by atoms with Crippen molar-refractivity contribution >= 4 is 39.0 Å². The van der Waals surface area contributed by atoms with Crippen molar-refractivity contribution in [1.82, 2.24) is 10.6 Å². The maximum Gasteiger partial charge on any atom is 0.407 e. The molecule has 1 radical (unpaired) electrons. The molecule has 3 rings (SSSR count). The summed E-state index contributed by atoms with van der Waals surface area (Å²) in [5.41, 5.74) is 3.56. The molecule has 2 amide bonds. The Balaban J connectivity index is 1.64. The lowest BCUT2D eigenvalue weighted by Crippen LogP contribution is -2.48. The molecule has 0 saturated carbocycles. The van der Waals surface area contributed by atoms with Crippen LogP contribution in [0.4, 0.5) is 4.79 Å². The summed E-state index contributed by atoms with van der Waals surface area (Å²) in [5, 5.41) is 5.11. The molecule has 195 valence electrons. The topological polar surface area (TPSA) is 111 Å². The number of nitrogens with one attached hydrogen (secondary N) is 2. The van der Waals surface area contributed by atoms with Gasteiger partial charge in [0.05, 0.1) is 6.54 Å². The predicted molar refractivity (Wildman–Crippen MR) is 145 cm³/mol. The van der Waals surface area contributed by atoms with Crippen LogP contribution in [0.15, 0.2) is 48.5 Å². The van der Waals surface area contributed by atoms with Crippen molar-refractivity contribution in [3.8, 4) is 11.1 Å². The van der Waals surface area contributed by atoms with E-state index in [4.69, 9.17) is 9.47 Å². The number of rotatable bonds is 11. The Bertz CT molecular complexity index is 1100. The summed E-state index contributed by atoms with van der Waals surface area (Å²) < 4.78 is 10.9. The number of hydrogen-bond donors (Lipinski definition) is 2. The van der Waals surface area contributed by atoms with E-state index in [1.807, 2.05) is 48.5 Å². The van der Waals surface area contributed by atoms with Crippen LogP contribution in [0.1, 0.15) is 50.7 Å². The summed E-state index contributed by atoms with van der Waals surface area (Å²) in [6, 6.07) is 14.9. The second-order valence-electron chi connectivity index (χ2n) is 9.72. The first kappa shape index (κ1) is 28.4. The quantitative estimate of drug-likeness (QED) is 0.262. The summed E-state index contributed by atoms with van der Waals surface area (Å²) in [6.45, 7) is 8.68. The number of esters is 1. The van der Waals surface area contributed by atoms with Crippen molar-refractivity contribution in [2.45, 2.75) is 58.0 Å². The molecular weight excluding hydrogens is 490 g/mol. The van der Waals surface area contributed by atoms with Crippen molar-refractivity contribution in [3.63, 3.8) is 0 Å². The highest BCUT2D eigenvalue weighted by Crippen LogP contribution is 2.44. The molecule has 0 saturated heterocycles. The summed E-state index contributed by atoms with van der Waals surface area (Å²) in [7, 11) is -0.0234. The van der Waals surface area contributed by atoms with Gasteiger partial charge in [-0.05, 0) is 49.4 Å². The van der Waals surface area contributed by atoms with E-state index in [2.05, 4.69) is 10.6 Å². The fourth-order valence-corrected chi connectivity index (χ4v) is 4.72. The molecule has 1 aliphatic rings. The zero-order valence-electron chi connectivity index (χ0n) is 21.6. The van der Waals surface area contributed by atoms with E-state index in [-0.39, 0.29) is 45.9 Å². The molecule has 0 heterocycles. The average molecular weight is 523 g/mol. The third-order valence-electron chi connectivity index (χ3n) is 5.74. The van der Waals surface area contributed by atoms with Crippen LogP contribution in [0, 0.1) is 0 Å². The minimum atomic E-state index is -1.06. The Morgan fingerprint density at radius 1 is 1.00 bits per heavy atom. The lowest BCUT2D eigenvalue weighted by Gasteiger charge is -2.22. The zero-order chi connectivity index (χ0) is 27.0. The lowest BCUT2D eigenvalue weighted by atomic mass is 9.98. The van der Waals surface area contributed by atoms with Gasteiger partial charge in [-0.25, -0.2) is 4.79 Å². The maximum absolute atomic E-state index is 12.8. The number of carbonyl (C=O) groups excluding carboxylic acids is 4. The van der Waals surface area contributed by atoms with Gasteiger partial charge < -0.3 is 20.1 Å². The molecule has 10 heteroatoms. The van der Waals surface area contributed by atoms with E-state index in [0.29, 0.717) is 0 Å². The Morgan fingerprint density at radius 2 is 1.59 bits per heavy atom. The van der Waals surface area contributed by atoms with Gasteiger partial charge in [0.2, 0.25) is 5.91 Å². The SMILES string of the molecule is C[B]PC(=O)CNC(=O)C(CCC(=O)OC(C)(C)C)NC(=O)OCC1c2ccccc2-c2ccccc21. The van der Waals surface area contributed by atoms with Crippen LogP contribution in [0.3, 0.4) is 0 Å². The molecule has 2 N–H and O–H groups in total. The van der Waals surface area contributed by atoms with Crippen molar-refractivity contribution < 1.29 is 28.7 Å². The first-order valence-corrected chi connectivity index (χ1v) is 13.3. The minimum absolute atomic E-state index is 0.00131. The van der Waals surface area contributed by atoms with E-state index in [1.54, 1.807) is 34.6 Å². The molecule has 8 nitrogen and oxygen atoms in total. The third kappa shape index (κ3) is 8.15. The number of fused-ring (bicyclic) bond motifs is 3. The Hall–Kier alpha value is -3.19. The molecule has 2 aromatic carbocycles. The van der Waals surface area contributed by atoms with Gasteiger partial charge in [-0.3, -0.25) is 14.4 Å². The largest absolute Gasteiger partial charge is 0.460 e. The normalized spacial score (nSPS) is 13.4. The molecule has 1 aliphatic carbocycles. The van der Waals surface area contributed by atoms with Crippen LogP contribution in [0.5, 0.6) is 0 Å². The third-order valence-corrected chi connectivity index (χ3v) is 6.53. The number of benzene rings is 2. The van der Waals surface area contributed by atoms with E-state index in [9.17, 15) is 19.2 Å². The molecular formula is C27H33BN2O6P. The average Bonchev–Trinajstić information content (AvgIpc) is 3.16. The molecule has 2 unspecified atom stereocenters. The number of alkyl carbamates (subject to hydrolysis) is 1. The highest BCUT2D eigenvalue weighted by Gasteiger charge is 2.30. The summed E-state index contributed by atoms with van der Waals surface area (Å²) >= 11 is 0. The van der Waals surface area contributed by atoms with Crippen LogP contribution in [-0.2, 0) is 23.9 Å². The van der Waals surface area contributed by atoms with Gasteiger partial charge in [0, 0.05) is 12.3 Å². The second kappa shape index (κ2) is 12.9. The zero-order valence-corrected chi connectivity index (χ0v) is 22.6. The summed E-state index contributed by atoms with van der Waals surface area (Å²) in [5.74, 6) is -1.18. The number of hydrogen-bond acceptors (Lipinski definition) is 6. The van der Waals surface area contributed by atoms with Crippen molar-refractivity contribution in [2.24, 2.45) is 0 Å². The van der Waals surface area contributed by atoms with Gasteiger partial charge in [-0.1, -0.05) is 63.8 Å². The second-order valence-corrected chi connectivity index (χ2v) is 11.1. The van der Waals surface area contributed by atoms with E-state index in [1.165, 1.54) is 0 Å². The molecule has 0 bridgehead atoms. The van der Waals surface area contributed by atoms with Crippen LogP contribution in [0.2, 0.25) is 6.82 Å². The van der Waals surface area contributed by atoms with Gasteiger partial charge >= 0.3 is 12.1 Å². The highest BCUT2D eigenvalue weighted by molar-refractivity contribution is 7.84. The molecule has 37 heavy (non-hydrogen) atoms. The van der Waals surface area contributed by atoms with Crippen molar-refractivity contribution in [1.29, 1.82) is 0 Å². The molecule has 0 aromatic heterocycles. The first-order valence-electron chi connectivity index (χ1n) is 12.3. The number of ether oxygens (including phenoxy) is 2. The van der Waals surface area contributed by atoms with E-state index in [0.717, 1.165) is 22.3 Å². The van der Waals surface area contributed by atoms with Gasteiger partial charge in [0.1, 0.15) is 25.2 Å². The summed E-state index contributed by atoms with van der Waals surface area (Å²) in [4.78, 5) is 49.6. The molecule has 0 spiro atoms. The Kier molecular flexibility index (Phi) is 9.87. The van der Waals surface area contributed by atoms with E-state index >= 15 is 0 Å². The van der Waals surface area contributed by atoms with Crippen LogP contribution in [-0.4, -0.2) is 55.3 Å². The standard InChI is InChI=1S/C27H33BN2O6P/c1-27(2,3)36-23(31)14-13-22(25(33)29-15-24(32)37-28-4)30-26(34)35-16-21-19-11-7-5-9-17(19)18-10-6-8-12-20(18)21/h5-12,21-22,37H,13-16H2,1-4H3,(H,29,33)(H,30,34). The highest BCUT2D eigenvalue weighted by atomic mass is 31.1. The van der Waals surface area contributed by atoms with Gasteiger partial charge in [0.25, 0.3) is 0 Å². The van der Waals surface area contributed by atoms with Crippen LogP contribution < -0.4 is 10.6 Å². The number of amides is 2. The predicted octanol–water partition coefficient (Wildman–Crippen LogP) is 4.00. The van der Waals surface area contributed by atoms with Gasteiger partial charge in [0.15, 0.2) is 5.52 Å². The molecule has 2 atom stereocenters. The van der Waals surface area contributed by atoms with Crippen LogP contribution >= 0.6 is 8.46 Å². The first-order chi connectivity index (χ1) is 17.6. The van der Waals surface area contributed by atoms with Crippen molar-refractivity contribution in [3.05, 3.63) is 59.7 Å². The Labute approximate surface area is 220 Å². The van der Waals surface area contributed by atoms with Crippen molar-refractivity contribution in [2.75, 3.05) is 13.2 Å². The maximum atomic E-state index is 12.8. The minimum Gasteiger partial charge on any atom is -0.460 e. The van der Waals surface area contributed by atoms with Gasteiger partial charge in [-0.2, -0.15) is 0 Å². The van der Waals surface area contributed by atoms with E-state index < -0.39 is 29.6 Å². The van der Waals surface area contributed by atoms with Gasteiger partial charge in [-0.15, -0.1) is 0 Å². The smallest absolute Gasteiger partial charge is 0.407 e. The monoisotopic (exact) mass is 523 g/mol. The number of carbonyl (C=O) groups is 4. The fourth-order valence-electron chi connectivity index (χ4n) is 4.21. The fraction of sp³-hybridized carbons (Fsp3) is 0.407. The van der Waals surface area contributed by atoms with Crippen LogP contribution in [0.25, 0.3) is 11.1 Å². The Morgan fingerprint density at radius 3 is 2.16 bits per heavy atom. The molecule has 2 aromatic rings. The summed E-state index contributed by atoms with van der Waals surface area (Å²) in [6.07, 6.45) is -0.861. The molecule has 0 fully saturated rings. The lowest BCUT2D eigenvalue weighted by molar-refractivity contribution is -0.155.